The molecule has 3 heteroatoms. The van der Waals surface area contributed by atoms with Gasteiger partial charge in [0.1, 0.15) is 0 Å². The Morgan fingerprint density at radius 2 is 2.00 bits per heavy atom. The molecule has 1 aromatic rings. The Hall–Kier alpha value is -1.61. The molecule has 2 aliphatic carbocycles. The molecule has 0 unspecified atom stereocenters. The number of rotatable bonds is 3. The summed E-state index contributed by atoms with van der Waals surface area (Å²) >= 11 is 0. The molecular formula is C17H21NO2. The van der Waals surface area contributed by atoms with E-state index in [9.17, 15) is 9.90 Å². The van der Waals surface area contributed by atoms with Gasteiger partial charge in [-0.05, 0) is 36.8 Å². The number of amides is 1. The third kappa shape index (κ3) is 2.50. The van der Waals surface area contributed by atoms with Crippen LogP contribution in [0.3, 0.4) is 0 Å². The van der Waals surface area contributed by atoms with E-state index in [4.69, 9.17) is 0 Å². The van der Waals surface area contributed by atoms with Crippen molar-refractivity contribution in [2.45, 2.75) is 31.7 Å². The minimum atomic E-state index is -0.0435. The molecule has 0 saturated heterocycles. The van der Waals surface area contributed by atoms with Gasteiger partial charge in [0.2, 0.25) is 5.91 Å². The zero-order valence-electron chi connectivity index (χ0n) is 11.6. The molecule has 0 aromatic heterocycles. The first-order valence-corrected chi connectivity index (χ1v) is 7.43. The topological polar surface area (TPSA) is 49.3 Å². The number of nitrogens with one attached hydrogen (secondary N) is 1. The molecule has 0 bridgehead atoms. The quantitative estimate of drug-likeness (QED) is 0.829. The maximum Gasteiger partial charge on any atom is 0.224 e. The number of allylic oxidation sites excluding steroid dienone is 2. The van der Waals surface area contributed by atoms with Crippen LogP contribution < -0.4 is 5.32 Å². The first-order valence-electron chi connectivity index (χ1n) is 7.43. The van der Waals surface area contributed by atoms with Gasteiger partial charge in [0.15, 0.2) is 0 Å². The predicted molar refractivity (Wildman–Crippen MR) is 78.1 cm³/mol. The highest BCUT2D eigenvalue weighted by Crippen LogP contribution is 2.34. The van der Waals surface area contributed by atoms with Gasteiger partial charge in [-0.2, -0.15) is 0 Å². The number of aliphatic hydroxyl groups is 1. The number of carbonyl (C=O) groups is 1. The van der Waals surface area contributed by atoms with Gasteiger partial charge in [0.25, 0.3) is 0 Å². The fourth-order valence-corrected chi connectivity index (χ4v) is 3.32. The highest BCUT2D eigenvalue weighted by atomic mass is 16.3. The lowest BCUT2D eigenvalue weighted by atomic mass is 9.80. The number of hydrogen-bond acceptors (Lipinski definition) is 2. The number of aliphatic hydroxyl groups excluding tert-OH is 1. The lowest BCUT2D eigenvalue weighted by molar-refractivity contribution is -0.126. The van der Waals surface area contributed by atoms with Crippen molar-refractivity contribution in [3.8, 4) is 0 Å². The second-order valence-electron chi connectivity index (χ2n) is 5.81. The molecule has 0 aliphatic heterocycles. The van der Waals surface area contributed by atoms with Crippen molar-refractivity contribution in [2.24, 2.45) is 11.8 Å². The van der Waals surface area contributed by atoms with Gasteiger partial charge in [0, 0.05) is 18.4 Å². The number of fused-ring (bicyclic) bond motifs is 1. The van der Waals surface area contributed by atoms with E-state index in [-0.39, 0.29) is 30.4 Å². The Morgan fingerprint density at radius 1 is 1.25 bits per heavy atom. The van der Waals surface area contributed by atoms with Crippen molar-refractivity contribution < 1.29 is 9.90 Å². The average Bonchev–Trinajstić information content (AvgIpc) is 3.02. The molecule has 106 valence electrons. The SMILES string of the molecule is O=C(N[C@@H]1c2ccccc2CC[C@@H]1CO)C1CC=CC1. The summed E-state index contributed by atoms with van der Waals surface area (Å²) < 4.78 is 0. The molecule has 0 spiro atoms. The molecule has 0 fully saturated rings. The molecule has 1 aromatic carbocycles. The number of benzene rings is 1. The third-order valence-corrected chi connectivity index (χ3v) is 4.56. The van der Waals surface area contributed by atoms with E-state index in [0.29, 0.717) is 0 Å². The zero-order chi connectivity index (χ0) is 13.9. The lowest BCUT2D eigenvalue weighted by Crippen LogP contribution is -2.40. The molecule has 1 amide bonds. The van der Waals surface area contributed by atoms with Crippen LogP contribution in [0, 0.1) is 11.8 Å². The van der Waals surface area contributed by atoms with E-state index in [0.717, 1.165) is 25.7 Å². The maximum atomic E-state index is 12.4. The minimum absolute atomic E-state index is 0.0435. The lowest BCUT2D eigenvalue weighted by Gasteiger charge is -2.33. The van der Waals surface area contributed by atoms with Crippen LogP contribution in [-0.4, -0.2) is 17.6 Å². The van der Waals surface area contributed by atoms with Gasteiger partial charge in [-0.25, -0.2) is 0 Å². The van der Waals surface area contributed by atoms with Gasteiger partial charge in [-0.1, -0.05) is 36.4 Å². The average molecular weight is 271 g/mol. The van der Waals surface area contributed by atoms with Crippen LogP contribution in [0.5, 0.6) is 0 Å². The summed E-state index contributed by atoms with van der Waals surface area (Å²) in [5, 5.41) is 12.8. The van der Waals surface area contributed by atoms with Crippen LogP contribution in [0.2, 0.25) is 0 Å². The second-order valence-corrected chi connectivity index (χ2v) is 5.81. The van der Waals surface area contributed by atoms with E-state index >= 15 is 0 Å². The summed E-state index contributed by atoms with van der Waals surface area (Å²) in [6.07, 6.45) is 7.74. The van der Waals surface area contributed by atoms with Crippen LogP contribution in [-0.2, 0) is 11.2 Å². The van der Waals surface area contributed by atoms with Crippen molar-refractivity contribution in [3.63, 3.8) is 0 Å². The van der Waals surface area contributed by atoms with E-state index < -0.39 is 0 Å². The van der Waals surface area contributed by atoms with Crippen molar-refractivity contribution in [3.05, 3.63) is 47.5 Å². The monoisotopic (exact) mass is 271 g/mol. The van der Waals surface area contributed by atoms with Crippen LogP contribution in [0.15, 0.2) is 36.4 Å². The normalized spacial score (nSPS) is 25.4. The summed E-state index contributed by atoms with van der Waals surface area (Å²) in [7, 11) is 0. The Balaban J connectivity index is 1.80. The molecule has 0 radical (unpaired) electrons. The number of carbonyl (C=O) groups excluding carboxylic acids is 1. The highest BCUT2D eigenvalue weighted by molar-refractivity contribution is 5.80. The molecule has 2 atom stereocenters. The second kappa shape index (κ2) is 5.80. The third-order valence-electron chi connectivity index (χ3n) is 4.56. The van der Waals surface area contributed by atoms with Gasteiger partial charge in [-0.15, -0.1) is 0 Å². The molecule has 20 heavy (non-hydrogen) atoms. The summed E-state index contributed by atoms with van der Waals surface area (Å²) in [6.45, 7) is 0.127. The van der Waals surface area contributed by atoms with Crippen molar-refractivity contribution in [1.82, 2.24) is 5.32 Å². The summed E-state index contributed by atoms with van der Waals surface area (Å²) in [6, 6.07) is 8.21. The van der Waals surface area contributed by atoms with Crippen molar-refractivity contribution in [2.75, 3.05) is 6.61 Å². The number of aryl methyl sites for hydroxylation is 1. The maximum absolute atomic E-state index is 12.4. The predicted octanol–water partition coefficient (Wildman–Crippen LogP) is 2.36. The fourth-order valence-electron chi connectivity index (χ4n) is 3.32. The number of hydrogen-bond donors (Lipinski definition) is 2. The molecule has 3 rings (SSSR count). The minimum Gasteiger partial charge on any atom is -0.396 e. The van der Waals surface area contributed by atoms with Crippen molar-refractivity contribution in [1.29, 1.82) is 0 Å². The van der Waals surface area contributed by atoms with Gasteiger partial charge in [-0.3, -0.25) is 4.79 Å². The summed E-state index contributed by atoms with van der Waals surface area (Å²) in [5.41, 5.74) is 2.48. The molecule has 2 N–H and O–H groups in total. The van der Waals surface area contributed by atoms with Crippen LogP contribution in [0.4, 0.5) is 0 Å². The Labute approximate surface area is 119 Å². The van der Waals surface area contributed by atoms with Gasteiger partial charge >= 0.3 is 0 Å². The Morgan fingerprint density at radius 3 is 2.75 bits per heavy atom. The largest absolute Gasteiger partial charge is 0.396 e. The van der Waals surface area contributed by atoms with E-state index in [1.807, 2.05) is 12.1 Å². The van der Waals surface area contributed by atoms with Crippen LogP contribution in [0.25, 0.3) is 0 Å². The zero-order valence-corrected chi connectivity index (χ0v) is 11.6. The summed E-state index contributed by atoms with van der Waals surface area (Å²) in [5.74, 6) is 0.321. The fraction of sp³-hybridized carbons (Fsp3) is 0.471. The molecule has 2 aliphatic rings. The first kappa shape index (κ1) is 13.4. The van der Waals surface area contributed by atoms with Crippen LogP contribution >= 0.6 is 0 Å². The molecule has 3 nitrogen and oxygen atoms in total. The smallest absolute Gasteiger partial charge is 0.224 e. The standard InChI is InChI=1S/C17H21NO2/c19-11-14-10-9-12-5-3-4-8-15(12)16(14)18-17(20)13-6-1-2-7-13/h1-5,8,13-14,16,19H,6-7,9-11H2,(H,18,20)/t14-,16+/m1/s1. The Kier molecular flexibility index (Phi) is 3.88. The summed E-state index contributed by atoms with van der Waals surface area (Å²) in [4.78, 5) is 12.4. The van der Waals surface area contributed by atoms with Gasteiger partial charge in [0.05, 0.1) is 6.04 Å². The molecular weight excluding hydrogens is 250 g/mol. The Bertz CT molecular complexity index is 515. The van der Waals surface area contributed by atoms with E-state index in [1.54, 1.807) is 0 Å². The first-order chi connectivity index (χ1) is 9.79. The molecule has 0 saturated carbocycles. The molecule has 0 heterocycles. The van der Waals surface area contributed by atoms with Gasteiger partial charge < -0.3 is 10.4 Å². The highest BCUT2D eigenvalue weighted by Gasteiger charge is 2.31. The van der Waals surface area contributed by atoms with Crippen LogP contribution in [0.1, 0.15) is 36.4 Å². The van der Waals surface area contributed by atoms with E-state index in [1.165, 1.54) is 11.1 Å². The van der Waals surface area contributed by atoms with E-state index in [2.05, 4.69) is 29.6 Å². The van der Waals surface area contributed by atoms with Crippen molar-refractivity contribution >= 4 is 5.91 Å².